The van der Waals surface area contributed by atoms with Gasteiger partial charge in [0.15, 0.2) is 0 Å². The Morgan fingerprint density at radius 2 is 2.35 bits per heavy atom. The number of rotatable bonds is 4. The second-order valence-corrected chi connectivity index (χ2v) is 4.91. The molecule has 2 heterocycles. The van der Waals surface area contributed by atoms with Crippen molar-refractivity contribution in [3.05, 3.63) is 28.3 Å². The summed E-state index contributed by atoms with van der Waals surface area (Å²) in [5.41, 5.74) is 1.81. The summed E-state index contributed by atoms with van der Waals surface area (Å²) in [6.45, 7) is 0.793. The van der Waals surface area contributed by atoms with Crippen molar-refractivity contribution in [3.63, 3.8) is 0 Å². The van der Waals surface area contributed by atoms with Crippen LogP contribution in [-0.4, -0.2) is 40.0 Å². The molecule has 0 saturated heterocycles. The summed E-state index contributed by atoms with van der Waals surface area (Å²) in [5.74, 6) is -0.958. The Morgan fingerprint density at radius 3 is 2.94 bits per heavy atom. The van der Waals surface area contributed by atoms with Crippen LogP contribution in [0.1, 0.15) is 15.5 Å². The quantitative estimate of drug-likeness (QED) is 0.870. The molecule has 0 fully saturated rings. The third-order valence-electron chi connectivity index (χ3n) is 2.21. The highest BCUT2D eigenvalue weighted by Crippen LogP contribution is 2.23. The fourth-order valence-electron chi connectivity index (χ4n) is 1.45. The molecule has 0 spiro atoms. The molecule has 0 amide bonds. The lowest BCUT2D eigenvalue weighted by Gasteiger charge is -2.04. The highest BCUT2D eigenvalue weighted by atomic mass is 32.1. The largest absolute Gasteiger partial charge is 0.477 e. The average molecular weight is 251 g/mol. The van der Waals surface area contributed by atoms with Crippen molar-refractivity contribution >= 4 is 17.3 Å². The van der Waals surface area contributed by atoms with E-state index >= 15 is 0 Å². The average Bonchev–Trinajstić information content (AvgIpc) is 2.83. The first-order valence-electron chi connectivity index (χ1n) is 5.07. The molecule has 17 heavy (non-hydrogen) atoms. The molecule has 0 aliphatic rings. The zero-order chi connectivity index (χ0) is 12.4. The Morgan fingerprint density at radius 1 is 1.59 bits per heavy atom. The highest BCUT2D eigenvalue weighted by Gasteiger charge is 2.10. The third kappa shape index (κ3) is 2.72. The SMILES string of the molecule is CN(C)Cc1nc(-c2c[nH]c(C(=O)O)c2)cs1. The van der Waals surface area contributed by atoms with E-state index in [2.05, 4.69) is 9.97 Å². The van der Waals surface area contributed by atoms with Crippen LogP contribution < -0.4 is 0 Å². The van der Waals surface area contributed by atoms with Crippen LogP contribution in [0.15, 0.2) is 17.6 Å². The van der Waals surface area contributed by atoms with Gasteiger partial charge in [0.25, 0.3) is 0 Å². The van der Waals surface area contributed by atoms with Crippen LogP contribution >= 0.6 is 11.3 Å². The van der Waals surface area contributed by atoms with Gasteiger partial charge >= 0.3 is 5.97 Å². The molecule has 90 valence electrons. The molecule has 6 heteroatoms. The molecular weight excluding hydrogens is 238 g/mol. The normalized spacial score (nSPS) is 11.0. The third-order valence-corrected chi connectivity index (χ3v) is 3.05. The molecular formula is C11H13N3O2S. The van der Waals surface area contributed by atoms with Gasteiger partial charge in [-0.05, 0) is 20.2 Å². The smallest absolute Gasteiger partial charge is 0.352 e. The van der Waals surface area contributed by atoms with E-state index < -0.39 is 5.97 Å². The summed E-state index contributed by atoms with van der Waals surface area (Å²) in [4.78, 5) is 20.0. The molecule has 0 aromatic carbocycles. The molecule has 0 unspecified atom stereocenters. The first kappa shape index (κ1) is 11.8. The number of aromatic nitrogens is 2. The molecule has 5 nitrogen and oxygen atoms in total. The Hall–Kier alpha value is -1.66. The van der Waals surface area contributed by atoms with Crippen molar-refractivity contribution in [2.75, 3.05) is 14.1 Å². The molecule has 0 saturated carbocycles. The molecule has 0 radical (unpaired) electrons. The van der Waals surface area contributed by atoms with Gasteiger partial charge in [-0.25, -0.2) is 9.78 Å². The van der Waals surface area contributed by atoms with E-state index in [1.54, 1.807) is 23.6 Å². The maximum atomic E-state index is 10.7. The van der Waals surface area contributed by atoms with Gasteiger partial charge in [0.05, 0.1) is 5.69 Å². The minimum Gasteiger partial charge on any atom is -0.477 e. The summed E-state index contributed by atoms with van der Waals surface area (Å²) >= 11 is 1.58. The Balaban J connectivity index is 2.21. The van der Waals surface area contributed by atoms with Crippen molar-refractivity contribution in [2.24, 2.45) is 0 Å². The van der Waals surface area contributed by atoms with E-state index in [1.807, 2.05) is 24.4 Å². The predicted octanol–water partition coefficient (Wildman–Crippen LogP) is 1.90. The summed E-state index contributed by atoms with van der Waals surface area (Å²) in [6, 6.07) is 1.59. The van der Waals surface area contributed by atoms with Crippen LogP contribution in [0.5, 0.6) is 0 Å². The van der Waals surface area contributed by atoms with Crippen molar-refractivity contribution in [1.29, 1.82) is 0 Å². The molecule has 2 aromatic heterocycles. The van der Waals surface area contributed by atoms with Gasteiger partial charge < -0.3 is 15.0 Å². The molecule has 0 aliphatic carbocycles. The topological polar surface area (TPSA) is 69.2 Å². The lowest BCUT2D eigenvalue weighted by molar-refractivity contribution is 0.0691. The predicted molar refractivity (Wildman–Crippen MR) is 66.3 cm³/mol. The van der Waals surface area contributed by atoms with Crippen molar-refractivity contribution in [3.8, 4) is 11.3 Å². The number of aromatic carboxylic acids is 1. The first-order chi connectivity index (χ1) is 8.06. The van der Waals surface area contributed by atoms with Gasteiger partial charge in [-0.1, -0.05) is 0 Å². The number of carboxylic acids is 1. The van der Waals surface area contributed by atoms with Crippen LogP contribution in [0.4, 0.5) is 0 Å². The number of nitrogens with zero attached hydrogens (tertiary/aromatic N) is 2. The fourth-order valence-corrected chi connectivity index (χ4v) is 2.37. The molecule has 0 aliphatic heterocycles. The zero-order valence-electron chi connectivity index (χ0n) is 9.60. The number of carboxylic acid groups (broad SMARTS) is 1. The summed E-state index contributed by atoms with van der Waals surface area (Å²) in [7, 11) is 3.97. The van der Waals surface area contributed by atoms with E-state index in [9.17, 15) is 4.79 Å². The van der Waals surface area contributed by atoms with Gasteiger partial charge in [-0.2, -0.15) is 0 Å². The van der Waals surface area contributed by atoms with Crippen molar-refractivity contribution in [1.82, 2.24) is 14.9 Å². The van der Waals surface area contributed by atoms with E-state index in [-0.39, 0.29) is 5.69 Å². The number of carbonyl (C=O) groups is 1. The first-order valence-corrected chi connectivity index (χ1v) is 5.95. The second-order valence-electron chi connectivity index (χ2n) is 3.97. The maximum absolute atomic E-state index is 10.7. The Labute approximate surface area is 103 Å². The van der Waals surface area contributed by atoms with E-state index in [0.29, 0.717) is 0 Å². The number of thiazole rings is 1. The summed E-state index contributed by atoms with van der Waals surface area (Å²) in [6.07, 6.45) is 1.66. The molecule has 2 aromatic rings. The maximum Gasteiger partial charge on any atom is 0.352 e. The molecule has 2 rings (SSSR count). The second kappa shape index (κ2) is 4.68. The molecule has 0 atom stereocenters. The van der Waals surface area contributed by atoms with Gasteiger partial charge in [-0.3, -0.25) is 0 Å². The highest BCUT2D eigenvalue weighted by molar-refractivity contribution is 7.09. The van der Waals surface area contributed by atoms with Crippen LogP contribution in [0.25, 0.3) is 11.3 Å². The minimum absolute atomic E-state index is 0.183. The van der Waals surface area contributed by atoms with Gasteiger partial charge in [0.1, 0.15) is 10.7 Å². The molecule has 0 bridgehead atoms. The number of hydrogen-bond acceptors (Lipinski definition) is 4. The van der Waals surface area contributed by atoms with Crippen molar-refractivity contribution < 1.29 is 9.90 Å². The standard InChI is InChI=1S/C11H13N3O2S/c1-14(2)5-10-13-9(6-17-10)7-3-8(11(15)16)12-4-7/h3-4,6,12H,5H2,1-2H3,(H,15,16). The van der Waals surface area contributed by atoms with Gasteiger partial charge in [0.2, 0.25) is 0 Å². The Bertz CT molecular complexity index is 530. The number of aromatic amines is 1. The van der Waals surface area contributed by atoms with E-state index in [0.717, 1.165) is 22.8 Å². The van der Waals surface area contributed by atoms with Crippen LogP contribution in [0.2, 0.25) is 0 Å². The summed E-state index contributed by atoms with van der Waals surface area (Å²) in [5, 5.41) is 11.8. The number of nitrogens with one attached hydrogen (secondary N) is 1. The monoisotopic (exact) mass is 251 g/mol. The van der Waals surface area contributed by atoms with Crippen LogP contribution in [0.3, 0.4) is 0 Å². The van der Waals surface area contributed by atoms with Crippen molar-refractivity contribution in [2.45, 2.75) is 6.54 Å². The van der Waals surface area contributed by atoms with Crippen LogP contribution in [0, 0.1) is 0 Å². The molecule has 2 N–H and O–H groups in total. The number of H-pyrrole nitrogens is 1. The van der Waals surface area contributed by atoms with E-state index in [4.69, 9.17) is 5.11 Å². The lowest BCUT2D eigenvalue weighted by atomic mass is 10.2. The fraction of sp³-hybridized carbons (Fsp3) is 0.273. The van der Waals surface area contributed by atoms with E-state index in [1.165, 1.54) is 0 Å². The number of hydrogen-bond donors (Lipinski definition) is 2. The Kier molecular flexibility index (Phi) is 3.26. The summed E-state index contributed by atoms with van der Waals surface area (Å²) < 4.78 is 0. The van der Waals surface area contributed by atoms with Crippen LogP contribution in [-0.2, 0) is 6.54 Å². The zero-order valence-corrected chi connectivity index (χ0v) is 10.4. The minimum atomic E-state index is -0.958. The van der Waals surface area contributed by atoms with Gasteiger partial charge in [0, 0.05) is 23.7 Å². The lowest BCUT2D eigenvalue weighted by Crippen LogP contribution is -2.10. The van der Waals surface area contributed by atoms with Gasteiger partial charge in [-0.15, -0.1) is 11.3 Å².